The van der Waals surface area contributed by atoms with E-state index in [4.69, 9.17) is 5.26 Å². The Labute approximate surface area is 107 Å². The van der Waals surface area contributed by atoms with Crippen LogP contribution in [0.25, 0.3) is 0 Å². The molecule has 0 bridgehead atoms. The Hall–Kier alpha value is -1.80. The maximum atomic E-state index is 12.0. The van der Waals surface area contributed by atoms with Gasteiger partial charge in [0.05, 0.1) is 0 Å². The molecule has 18 heavy (non-hydrogen) atoms. The average molecular weight is 249 g/mol. The summed E-state index contributed by atoms with van der Waals surface area (Å²) >= 11 is 0. The molecule has 0 aromatic carbocycles. The van der Waals surface area contributed by atoms with Crippen LogP contribution >= 0.6 is 0 Å². The topological polar surface area (TPSA) is 69.3 Å². The highest BCUT2D eigenvalue weighted by atomic mass is 16.3. The number of nitrogens with zero attached hydrogens (tertiary/aromatic N) is 3. The molecule has 0 unspecified atom stereocenters. The second kappa shape index (κ2) is 5.69. The van der Waals surface area contributed by atoms with Crippen molar-refractivity contribution in [2.24, 2.45) is 0 Å². The van der Waals surface area contributed by atoms with Crippen molar-refractivity contribution < 1.29 is 5.11 Å². The van der Waals surface area contributed by atoms with E-state index in [-0.39, 0.29) is 11.4 Å². The first-order valence-electron chi connectivity index (χ1n) is 5.88. The van der Waals surface area contributed by atoms with Crippen LogP contribution in [0.5, 0.6) is 5.88 Å². The second-order valence-corrected chi connectivity index (χ2v) is 4.67. The third-order valence-electron chi connectivity index (χ3n) is 3.09. The van der Waals surface area contributed by atoms with Crippen molar-refractivity contribution >= 4 is 0 Å². The van der Waals surface area contributed by atoms with Crippen molar-refractivity contribution in [3.05, 3.63) is 27.0 Å². The molecule has 1 heterocycles. The molecule has 1 aromatic rings. The molecular formula is C13H19N3O2. The summed E-state index contributed by atoms with van der Waals surface area (Å²) < 4.78 is 1.28. The summed E-state index contributed by atoms with van der Waals surface area (Å²) in [5.74, 6) is -0.0322. The van der Waals surface area contributed by atoms with Gasteiger partial charge < -0.3 is 10.0 Å². The Kier molecular flexibility index (Phi) is 4.51. The van der Waals surface area contributed by atoms with Gasteiger partial charge in [-0.2, -0.15) is 5.26 Å². The van der Waals surface area contributed by atoms with Crippen LogP contribution in [-0.2, 0) is 6.54 Å². The molecule has 0 aliphatic rings. The lowest BCUT2D eigenvalue weighted by molar-refractivity contribution is 0.359. The van der Waals surface area contributed by atoms with Crippen LogP contribution in [0.1, 0.15) is 23.1 Å². The molecule has 5 nitrogen and oxygen atoms in total. The van der Waals surface area contributed by atoms with E-state index in [0.717, 1.165) is 13.0 Å². The number of hydrogen-bond donors (Lipinski definition) is 1. The Morgan fingerprint density at radius 3 is 2.44 bits per heavy atom. The minimum absolute atomic E-state index is 0.0322. The number of pyridine rings is 1. The maximum Gasteiger partial charge on any atom is 0.271 e. The van der Waals surface area contributed by atoms with Crippen LogP contribution in [0.4, 0.5) is 0 Å². The Morgan fingerprint density at radius 1 is 1.33 bits per heavy atom. The minimum Gasteiger partial charge on any atom is -0.494 e. The van der Waals surface area contributed by atoms with Gasteiger partial charge in [0.1, 0.15) is 11.6 Å². The molecule has 1 aromatic heterocycles. The van der Waals surface area contributed by atoms with Gasteiger partial charge in [0.15, 0.2) is 5.88 Å². The van der Waals surface area contributed by atoms with Crippen molar-refractivity contribution in [3.8, 4) is 11.9 Å². The van der Waals surface area contributed by atoms with Gasteiger partial charge in [-0.3, -0.25) is 9.36 Å². The van der Waals surface area contributed by atoms with Crippen molar-refractivity contribution in [2.45, 2.75) is 26.8 Å². The number of aromatic nitrogens is 1. The predicted octanol–water partition coefficient (Wildman–Crippen LogP) is 0.994. The van der Waals surface area contributed by atoms with Gasteiger partial charge in [-0.1, -0.05) is 0 Å². The molecule has 0 amide bonds. The van der Waals surface area contributed by atoms with Crippen molar-refractivity contribution in [3.63, 3.8) is 0 Å². The van der Waals surface area contributed by atoms with E-state index < -0.39 is 5.56 Å². The van der Waals surface area contributed by atoms with Gasteiger partial charge in [-0.25, -0.2) is 0 Å². The van der Waals surface area contributed by atoms with Crippen LogP contribution in [0.15, 0.2) is 4.79 Å². The predicted molar refractivity (Wildman–Crippen MR) is 69.7 cm³/mol. The highest BCUT2D eigenvalue weighted by molar-refractivity contribution is 5.44. The van der Waals surface area contributed by atoms with Gasteiger partial charge in [0.25, 0.3) is 5.56 Å². The first kappa shape index (κ1) is 14.3. The molecule has 0 aliphatic carbocycles. The Morgan fingerprint density at radius 2 is 1.94 bits per heavy atom. The lowest BCUT2D eigenvalue weighted by Crippen LogP contribution is -2.26. The van der Waals surface area contributed by atoms with Gasteiger partial charge in [0.2, 0.25) is 0 Å². The highest BCUT2D eigenvalue weighted by Crippen LogP contribution is 2.20. The van der Waals surface area contributed by atoms with Gasteiger partial charge >= 0.3 is 0 Å². The Bertz CT molecular complexity index is 539. The number of aromatic hydroxyl groups is 1. The van der Waals surface area contributed by atoms with E-state index >= 15 is 0 Å². The van der Waals surface area contributed by atoms with Gasteiger partial charge in [0, 0.05) is 12.1 Å². The molecule has 1 rings (SSSR count). The van der Waals surface area contributed by atoms with E-state index in [1.165, 1.54) is 4.57 Å². The summed E-state index contributed by atoms with van der Waals surface area (Å²) in [6, 6.07) is 1.92. The van der Waals surface area contributed by atoms with Crippen molar-refractivity contribution in [1.82, 2.24) is 9.47 Å². The summed E-state index contributed by atoms with van der Waals surface area (Å²) in [6.45, 7) is 4.63. The largest absolute Gasteiger partial charge is 0.494 e. The lowest BCUT2D eigenvalue weighted by Gasteiger charge is -2.15. The first-order valence-corrected chi connectivity index (χ1v) is 5.88. The van der Waals surface area contributed by atoms with Gasteiger partial charge in [-0.05, 0) is 46.5 Å². The molecule has 0 saturated heterocycles. The first-order chi connectivity index (χ1) is 8.40. The molecule has 0 atom stereocenters. The monoisotopic (exact) mass is 249 g/mol. The minimum atomic E-state index is -0.406. The maximum absolute atomic E-state index is 12.0. The second-order valence-electron chi connectivity index (χ2n) is 4.67. The quantitative estimate of drug-likeness (QED) is 0.864. The van der Waals surface area contributed by atoms with Crippen molar-refractivity contribution in [2.75, 3.05) is 20.6 Å². The van der Waals surface area contributed by atoms with E-state index in [0.29, 0.717) is 17.7 Å². The molecule has 0 radical (unpaired) electrons. The zero-order valence-electron chi connectivity index (χ0n) is 11.3. The Balaban J connectivity index is 3.17. The molecule has 98 valence electrons. The molecule has 0 fully saturated rings. The summed E-state index contributed by atoms with van der Waals surface area (Å²) in [4.78, 5) is 14.0. The fourth-order valence-electron chi connectivity index (χ4n) is 1.83. The molecule has 1 N–H and O–H groups in total. The summed E-state index contributed by atoms with van der Waals surface area (Å²) in [5.41, 5.74) is 0.867. The highest BCUT2D eigenvalue weighted by Gasteiger charge is 2.15. The van der Waals surface area contributed by atoms with E-state index in [1.54, 1.807) is 13.8 Å². The molecular weight excluding hydrogens is 230 g/mol. The van der Waals surface area contributed by atoms with E-state index in [2.05, 4.69) is 0 Å². The molecule has 0 saturated carbocycles. The summed E-state index contributed by atoms with van der Waals surface area (Å²) in [7, 11) is 3.90. The number of rotatable bonds is 4. The van der Waals surface area contributed by atoms with Crippen LogP contribution in [0, 0.1) is 25.2 Å². The lowest BCUT2D eigenvalue weighted by atomic mass is 10.1. The normalized spacial score (nSPS) is 10.7. The number of hydrogen-bond acceptors (Lipinski definition) is 4. The zero-order chi connectivity index (χ0) is 13.9. The molecule has 0 aliphatic heterocycles. The summed E-state index contributed by atoms with van der Waals surface area (Å²) in [6.07, 6.45) is 0.744. The van der Waals surface area contributed by atoms with E-state index in [1.807, 2.05) is 25.1 Å². The van der Waals surface area contributed by atoms with E-state index in [9.17, 15) is 9.90 Å². The zero-order valence-corrected chi connectivity index (χ0v) is 11.3. The van der Waals surface area contributed by atoms with Gasteiger partial charge in [-0.15, -0.1) is 0 Å². The SMILES string of the molecule is Cc1c(C)c(O)n(CCCN(C)C)c(=O)c1C#N. The van der Waals surface area contributed by atoms with Crippen LogP contribution in [0.2, 0.25) is 0 Å². The third-order valence-corrected chi connectivity index (χ3v) is 3.09. The van der Waals surface area contributed by atoms with Crippen LogP contribution in [-0.4, -0.2) is 35.2 Å². The third kappa shape index (κ3) is 2.71. The molecule has 5 heteroatoms. The van der Waals surface area contributed by atoms with Crippen LogP contribution < -0.4 is 5.56 Å². The summed E-state index contributed by atoms with van der Waals surface area (Å²) in [5, 5.41) is 19.0. The number of nitriles is 1. The standard InChI is InChI=1S/C13H19N3O2/c1-9-10(2)12(17)16(7-5-6-15(3)4)13(18)11(9)8-14/h17H,5-7H2,1-4H3. The smallest absolute Gasteiger partial charge is 0.271 e. The van der Waals surface area contributed by atoms with Crippen LogP contribution in [0.3, 0.4) is 0 Å². The molecule has 0 spiro atoms. The fraction of sp³-hybridized carbons (Fsp3) is 0.538. The average Bonchev–Trinajstić information content (AvgIpc) is 2.31. The van der Waals surface area contributed by atoms with Crippen molar-refractivity contribution in [1.29, 1.82) is 5.26 Å². The fourth-order valence-corrected chi connectivity index (χ4v) is 1.83.